The third kappa shape index (κ3) is 4.56. The molecule has 2 heterocycles. The Morgan fingerprint density at radius 3 is 2.60 bits per heavy atom. The van der Waals surface area contributed by atoms with Crippen molar-refractivity contribution in [1.29, 1.82) is 0 Å². The van der Waals surface area contributed by atoms with Crippen LogP contribution in [0, 0.1) is 5.82 Å². The summed E-state index contributed by atoms with van der Waals surface area (Å²) in [6.07, 6.45) is 0.560. The largest absolute Gasteiger partial charge is 0.350 e. The van der Waals surface area contributed by atoms with Gasteiger partial charge in [0, 0.05) is 16.6 Å². The second kappa shape index (κ2) is 9.00. The van der Waals surface area contributed by atoms with Gasteiger partial charge in [-0.2, -0.15) is 5.10 Å². The molecule has 2 aromatic carbocycles. The Morgan fingerprint density at radius 1 is 1.10 bits per heavy atom. The number of nitrogens with zero attached hydrogens (tertiary/aromatic N) is 2. The molecule has 0 aliphatic heterocycles. The first-order valence-corrected chi connectivity index (χ1v) is 10.8. The number of amides is 1. The number of nitrogens with one attached hydrogen (secondary N) is 1. The van der Waals surface area contributed by atoms with Crippen LogP contribution in [0.5, 0.6) is 0 Å². The maximum absolute atomic E-state index is 13.3. The van der Waals surface area contributed by atoms with E-state index in [1.54, 1.807) is 30.3 Å². The molecule has 0 fully saturated rings. The number of carbonyl (C=O) groups excluding carboxylic acids is 1. The van der Waals surface area contributed by atoms with E-state index in [1.807, 2.05) is 23.6 Å². The zero-order valence-corrected chi connectivity index (χ0v) is 17.9. The molecule has 0 radical (unpaired) electrons. The maximum Gasteiger partial charge on any atom is 0.270 e. The summed E-state index contributed by atoms with van der Waals surface area (Å²) in [7, 11) is 0. The van der Waals surface area contributed by atoms with E-state index in [0.717, 1.165) is 10.4 Å². The van der Waals surface area contributed by atoms with Crippen molar-refractivity contribution < 1.29 is 9.18 Å². The average molecular weight is 460 g/mol. The second-order valence-electron chi connectivity index (χ2n) is 6.52. The Kier molecular flexibility index (Phi) is 6.18. The standard InChI is InChI=1S/C22H16Cl2FN3OS/c23-15-4-3-14(18(24)12-15)9-10-26-22(29)20-13-19(21-2-1-11-30-21)27-28(20)17-7-5-16(25)6-8-17/h1-8,11-13H,9-10H2,(H,26,29). The normalized spacial score (nSPS) is 10.9. The van der Waals surface area contributed by atoms with Crippen molar-refractivity contribution in [3.05, 3.63) is 93.2 Å². The quantitative estimate of drug-likeness (QED) is 0.383. The molecule has 0 bridgehead atoms. The van der Waals surface area contributed by atoms with Crippen LogP contribution in [0.3, 0.4) is 0 Å². The molecule has 8 heteroatoms. The highest BCUT2D eigenvalue weighted by Crippen LogP contribution is 2.26. The van der Waals surface area contributed by atoms with E-state index >= 15 is 0 Å². The summed E-state index contributed by atoms with van der Waals surface area (Å²) in [4.78, 5) is 13.9. The minimum absolute atomic E-state index is 0.278. The number of hydrogen-bond donors (Lipinski definition) is 1. The molecule has 0 unspecified atom stereocenters. The Balaban J connectivity index is 1.56. The molecule has 30 heavy (non-hydrogen) atoms. The number of thiophene rings is 1. The Bertz CT molecular complexity index is 1170. The fraction of sp³-hybridized carbons (Fsp3) is 0.0909. The highest BCUT2D eigenvalue weighted by molar-refractivity contribution is 7.13. The van der Waals surface area contributed by atoms with Crippen LogP contribution in [-0.2, 0) is 6.42 Å². The summed E-state index contributed by atoms with van der Waals surface area (Å²) in [6, 6.07) is 16.7. The fourth-order valence-electron chi connectivity index (χ4n) is 2.99. The van der Waals surface area contributed by atoms with Crippen molar-refractivity contribution in [1.82, 2.24) is 15.1 Å². The van der Waals surface area contributed by atoms with Crippen LogP contribution in [0.4, 0.5) is 4.39 Å². The lowest BCUT2D eigenvalue weighted by Gasteiger charge is -2.09. The predicted molar refractivity (Wildman–Crippen MR) is 119 cm³/mol. The predicted octanol–water partition coefficient (Wildman–Crippen LogP) is 6.02. The molecule has 0 spiro atoms. The summed E-state index contributed by atoms with van der Waals surface area (Å²) in [5.41, 5.74) is 2.55. The number of halogens is 3. The lowest BCUT2D eigenvalue weighted by Crippen LogP contribution is -2.27. The molecule has 1 amide bonds. The number of benzene rings is 2. The van der Waals surface area contributed by atoms with E-state index < -0.39 is 0 Å². The first-order chi connectivity index (χ1) is 14.5. The van der Waals surface area contributed by atoms with Crippen LogP contribution < -0.4 is 5.32 Å². The fourth-order valence-corrected chi connectivity index (χ4v) is 4.18. The molecule has 0 atom stereocenters. The third-order valence-corrected chi connectivity index (χ3v) is 5.96. The van der Waals surface area contributed by atoms with Crippen molar-refractivity contribution in [2.75, 3.05) is 6.54 Å². The number of hydrogen-bond acceptors (Lipinski definition) is 3. The lowest BCUT2D eigenvalue weighted by molar-refractivity contribution is 0.0946. The Labute approximate surface area is 186 Å². The van der Waals surface area contributed by atoms with Gasteiger partial charge in [-0.3, -0.25) is 4.79 Å². The molecular weight excluding hydrogens is 444 g/mol. The van der Waals surface area contributed by atoms with Crippen molar-refractivity contribution in [3.63, 3.8) is 0 Å². The van der Waals surface area contributed by atoms with Crippen LogP contribution in [0.25, 0.3) is 16.3 Å². The van der Waals surface area contributed by atoms with Crippen LogP contribution in [0.15, 0.2) is 66.0 Å². The van der Waals surface area contributed by atoms with Crippen LogP contribution in [-0.4, -0.2) is 22.2 Å². The van der Waals surface area contributed by atoms with Gasteiger partial charge in [0.25, 0.3) is 5.91 Å². The zero-order chi connectivity index (χ0) is 21.1. The molecule has 0 aliphatic carbocycles. The van der Waals surface area contributed by atoms with Gasteiger partial charge < -0.3 is 5.32 Å². The lowest BCUT2D eigenvalue weighted by atomic mass is 10.1. The average Bonchev–Trinajstić information content (AvgIpc) is 3.40. The van der Waals surface area contributed by atoms with Crippen molar-refractivity contribution in [2.45, 2.75) is 6.42 Å². The van der Waals surface area contributed by atoms with Gasteiger partial charge in [0.1, 0.15) is 17.2 Å². The van der Waals surface area contributed by atoms with Gasteiger partial charge in [-0.1, -0.05) is 35.3 Å². The zero-order valence-electron chi connectivity index (χ0n) is 15.6. The SMILES string of the molecule is O=C(NCCc1ccc(Cl)cc1Cl)c1cc(-c2cccs2)nn1-c1ccc(F)cc1. The molecule has 4 nitrogen and oxygen atoms in total. The molecule has 2 aromatic heterocycles. The van der Waals surface area contributed by atoms with Crippen LogP contribution in [0.2, 0.25) is 10.0 Å². The van der Waals surface area contributed by atoms with Gasteiger partial charge in [-0.15, -0.1) is 11.3 Å². The maximum atomic E-state index is 13.3. The van der Waals surface area contributed by atoms with Crippen molar-refractivity contribution in [2.24, 2.45) is 0 Å². The summed E-state index contributed by atoms with van der Waals surface area (Å²) >= 11 is 13.7. The summed E-state index contributed by atoms with van der Waals surface area (Å²) in [6.45, 7) is 0.392. The monoisotopic (exact) mass is 459 g/mol. The highest BCUT2D eigenvalue weighted by atomic mass is 35.5. The van der Waals surface area contributed by atoms with Crippen molar-refractivity contribution >= 4 is 40.4 Å². The van der Waals surface area contributed by atoms with Gasteiger partial charge >= 0.3 is 0 Å². The molecule has 1 N–H and O–H groups in total. The van der Waals surface area contributed by atoms with E-state index in [1.165, 1.54) is 28.2 Å². The number of carbonyl (C=O) groups is 1. The van der Waals surface area contributed by atoms with Gasteiger partial charge in [0.15, 0.2) is 0 Å². The molecule has 0 saturated carbocycles. The first-order valence-electron chi connectivity index (χ1n) is 9.13. The summed E-state index contributed by atoms with van der Waals surface area (Å²) in [5, 5.41) is 10.6. The molecule has 4 rings (SSSR count). The Hall–Kier alpha value is -2.67. The van der Waals surface area contributed by atoms with Gasteiger partial charge in [-0.25, -0.2) is 9.07 Å². The van der Waals surface area contributed by atoms with Gasteiger partial charge in [0.2, 0.25) is 0 Å². The first kappa shape index (κ1) is 20.6. The molecular formula is C22H16Cl2FN3OS. The van der Waals surface area contributed by atoms with E-state index in [0.29, 0.717) is 40.1 Å². The molecule has 152 valence electrons. The Morgan fingerprint density at radius 2 is 1.90 bits per heavy atom. The van der Waals surface area contributed by atoms with Gasteiger partial charge in [0.05, 0.1) is 10.6 Å². The number of rotatable bonds is 6. The molecule has 4 aromatic rings. The van der Waals surface area contributed by atoms with E-state index in [9.17, 15) is 9.18 Å². The molecule has 0 saturated heterocycles. The second-order valence-corrected chi connectivity index (χ2v) is 8.31. The smallest absolute Gasteiger partial charge is 0.270 e. The van der Waals surface area contributed by atoms with Crippen LogP contribution in [0.1, 0.15) is 16.1 Å². The minimum Gasteiger partial charge on any atom is -0.350 e. The van der Waals surface area contributed by atoms with E-state index in [-0.39, 0.29) is 11.7 Å². The van der Waals surface area contributed by atoms with E-state index in [4.69, 9.17) is 23.2 Å². The highest BCUT2D eigenvalue weighted by Gasteiger charge is 2.18. The summed E-state index contributed by atoms with van der Waals surface area (Å²) < 4.78 is 14.9. The number of aromatic nitrogens is 2. The van der Waals surface area contributed by atoms with E-state index in [2.05, 4.69) is 10.4 Å². The topological polar surface area (TPSA) is 46.9 Å². The van der Waals surface area contributed by atoms with Gasteiger partial charge in [-0.05, 0) is 65.9 Å². The van der Waals surface area contributed by atoms with Crippen molar-refractivity contribution in [3.8, 4) is 16.3 Å². The third-order valence-electron chi connectivity index (χ3n) is 4.48. The summed E-state index contributed by atoms with van der Waals surface area (Å²) in [5.74, 6) is -0.630. The minimum atomic E-state index is -0.352. The van der Waals surface area contributed by atoms with Crippen LogP contribution >= 0.6 is 34.5 Å². The molecule has 0 aliphatic rings.